The molecule has 0 amide bonds. The van der Waals surface area contributed by atoms with Gasteiger partial charge in [-0.25, -0.2) is 9.78 Å². The lowest BCUT2D eigenvalue weighted by molar-refractivity contribution is -0.385. The number of ether oxygens (including phenoxy) is 1. The third kappa shape index (κ3) is 3.28. The lowest BCUT2D eigenvalue weighted by atomic mass is 10.2. The van der Waals surface area contributed by atoms with Crippen LogP contribution < -0.4 is 0 Å². The summed E-state index contributed by atoms with van der Waals surface area (Å²) in [5.41, 5.74) is 2.37. The van der Waals surface area contributed by atoms with E-state index in [1.54, 1.807) is 6.20 Å². The molecule has 3 aromatic rings. The number of benzene rings is 1. The Morgan fingerprint density at radius 3 is 2.88 bits per heavy atom. The summed E-state index contributed by atoms with van der Waals surface area (Å²) in [6.45, 7) is 1.96. The Morgan fingerprint density at radius 1 is 1.33 bits per heavy atom. The van der Waals surface area contributed by atoms with Gasteiger partial charge < -0.3 is 9.14 Å². The van der Waals surface area contributed by atoms with Crippen molar-refractivity contribution in [3.8, 4) is 0 Å². The molecule has 24 heavy (non-hydrogen) atoms. The number of carbonyl (C=O) groups excluding carboxylic acids is 1. The molecule has 0 aliphatic carbocycles. The Morgan fingerprint density at radius 2 is 2.12 bits per heavy atom. The van der Waals surface area contributed by atoms with Crippen molar-refractivity contribution >= 4 is 33.2 Å². The summed E-state index contributed by atoms with van der Waals surface area (Å²) in [5.74, 6) is -0.640. The minimum absolute atomic E-state index is 0.0105. The van der Waals surface area contributed by atoms with Gasteiger partial charge in [0.25, 0.3) is 5.69 Å². The van der Waals surface area contributed by atoms with Crippen molar-refractivity contribution in [3.63, 3.8) is 0 Å². The molecule has 0 atom stereocenters. The fourth-order valence-corrected chi connectivity index (χ4v) is 2.62. The van der Waals surface area contributed by atoms with Gasteiger partial charge in [-0.2, -0.15) is 0 Å². The summed E-state index contributed by atoms with van der Waals surface area (Å²) >= 11 is 3.07. The highest BCUT2D eigenvalue weighted by atomic mass is 79.9. The summed E-state index contributed by atoms with van der Waals surface area (Å²) in [6.07, 6.45) is 3.70. The van der Waals surface area contributed by atoms with Crippen LogP contribution in [0.2, 0.25) is 0 Å². The van der Waals surface area contributed by atoms with E-state index in [9.17, 15) is 14.9 Å². The SMILES string of the molecule is Cc1ccc2nc(COC(=O)c3ccc(Br)c([N+](=O)[O-])c3)cn2c1. The van der Waals surface area contributed by atoms with Crippen LogP contribution in [0.1, 0.15) is 21.6 Å². The first-order valence-corrected chi connectivity index (χ1v) is 7.78. The first-order chi connectivity index (χ1) is 11.4. The van der Waals surface area contributed by atoms with Gasteiger partial charge in [0, 0.05) is 18.5 Å². The van der Waals surface area contributed by atoms with E-state index in [0.717, 1.165) is 11.2 Å². The molecule has 1 aromatic carbocycles. The monoisotopic (exact) mass is 389 g/mol. The molecule has 0 aliphatic heterocycles. The smallest absolute Gasteiger partial charge is 0.338 e. The third-order valence-electron chi connectivity index (χ3n) is 3.38. The molecule has 0 saturated heterocycles. The molecule has 122 valence electrons. The summed E-state index contributed by atoms with van der Waals surface area (Å²) < 4.78 is 7.35. The number of pyridine rings is 1. The summed E-state index contributed by atoms with van der Waals surface area (Å²) in [4.78, 5) is 26.8. The van der Waals surface area contributed by atoms with E-state index in [1.807, 2.05) is 29.7 Å². The molecule has 0 fully saturated rings. The lowest BCUT2D eigenvalue weighted by Crippen LogP contribution is -2.06. The zero-order chi connectivity index (χ0) is 17.3. The van der Waals surface area contributed by atoms with Gasteiger partial charge in [0.05, 0.1) is 20.7 Å². The van der Waals surface area contributed by atoms with Gasteiger partial charge in [-0.05, 0) is 46.6 Å². The maximum absolute atomic E-state index is 12.1. The van der Waals surface area contributed by atoms with Crippen molar-refractivity contribution in [1.82, 2.24) is 9.38 Å². The summed E-state index contributed by atoms with van der Waals surface area (Å²) in [5, 5.41) is 10.9. The van der Waals surface area contributed by atoms with E-state index >= 15 is 0 Å². The number of hydrogen-bond donors (Lipinski definition) is 0. The Hall–Kier alpha value is -2.74. The number of carbonyl (C=O) groups is 1. The normalized spacial score (nSPS) is 10.8. The number of aryl methyl sites for hydroxylation is 1. The Balaban J connectivity index is 1.74. The molecule has 2 heterocycles. The molecule has 0 radical (unpaired) electrons. The number of nitro groups is 1. The number of rotatable bonds is 4. The van der Waals surface area contributed by atoms with E-state index in [1.165, 1.54) is 18.2 Å². The van der Waals surface area contributed by atoms with Crippen LogP contribution in [-0.4, -0.2) is 20.3 Å². The van der Waals surface area contributed by atoms with Gasteiger partial charge in [0.15, 0.2) is 0 Å². The van der Waals surface area contributed by atoms with Crippen molar-refractivity contribution in [3.05, 3.63) is 74.1 Å². The highest BCUT2D eigenvalue weighted by Crippen LogP contribution is 2.26. The number of nitro benzene ring substituents is 1. The molecule has 7 nitrogen and oxygen atoms in total. The van der Waals surface area contributed by atoms with E-state index in [0.29, 0.717) is 10.2 Å². The molecular weight excluding hydrogens is 378 g/mol. The van der Waals surface area contributed by atoms with Crippen molar-refractivity contribution < 1.29 is 14.5 Å². The topological polar surface area (TPSA) is 86.7 Å². The fourth-order valence-electron chi connectivity index (χ4n) is 2.23. The molecule has 0 unspecified atom stereocenters. The molecule has 2 aromatic heterocycles. The summed E-state index contributed by atoms with van der Waals surface area (Å²) in [6, 6.07) is 7.91. The molecule has 0 spiro atoms. The third-order valence-corrected chi connectivity index (χ3v) is 4.05. The molecule has 0 aliphatic rings. The molecule has 3 rings (SSSR count). The minimum atomic E-state index is -0.640. The molecular formula is C16H12BrN3O4. The average molecular weight is 390 g/mol. The molecule has 0 N–H and O–H groups in total. The van der Waals surface area contributed by atoms with Gasteiger partial charge in [0.2, 0.25) is 0 Å². The van der Waals surface area contributed by atoms with Crippen LogP contribution in [0.3, 0.4) is 0 Å². The zero-order valence-corrected chi connectivity index (χ0v) is 14.2. The van der Waals surface area contributed by atoms with Crippen LogP contribution in [0.4, 0.5) is 5.69 Å². The van der Waals surface area contributed by atoms with E-state index in [-0.39, 0.29) is 17.9 Å². The number of halogens is 1. The maximum Gasteiger partial charge on any atom is 0.338 e. The number of esters is 1. The standard InChI is InChI=1S/C16H12BrN3O4/c1-10-2-5-15-18-12(8-19(15)7-10)9-24-16(21)11-3-4-13(17)14(6-11)20(22)23/h2-8H,9H2,1H3. The number of aromatic nitrogens is 2. The maximum atomic E-state index is 12.1. The number of fused-ring (bicyclic) bond motifs is 1. The first-order valence-electron chi connectivity index (χ1n) is 6.99. The van der Waals surface area contributed by atoms with Crippen LogP contribution in [0.5, 0.6) is 0 Å². The van der Waals surface area contributed by atoms with Gasteiger partial charge in [-0.1, -0.05) is 6.07 Å². The van der Waals surface area contributed by atoms with E-state index in [2.05, 4.69) is 20.9 Å². The second-order valence-corrected chi connectivity index (χ2v) is 6.06. The van der Waals surface area contributed by atoms with Crippen LogP contribution in [0.25, 0.3) is 5.65 Å². The first kappa shape index (κ1) is 16.1. The Bertz CT molecular complexity index is 952. The molecule has 8 heteroatoms. The number of imidazole rings is 1. The summed E-state index contributed by atoms with van der Waals surface area (Å²) in [7, 11) is 0. The van der Waals surface area contributed by atoms with E-state index in [4.69, 9.17) is 4.74 Å². The van der Waals surface area contributed by atoms with Gasteiger partial charge in [0.1, 0.15) is 12.3 Å². The van der Waals surface area contributed by atoms with Crippen molar-refractivity contribution in [2.24, 2.45) is 0 Å². The Labute approximate surface area is 145 Å². The van der Waals surface area contributed by atoms with Gasteiger partial charge in [-0.15, -0.1) is 0 Å². The minimum Gasteiger partial charge on any atom is -0.456 e. The van der Waals surface area contributed by atoms with Crippen molar-refractivity contribution in [2.45, 2.75) is 13.5 Å². The van der Waals surface area contributed by atoms with Gasteiger partial charge in [-0.3, -0.25) is 10.1 Å². The molecule has 0 bridgehead atoms. The predicted molar refractivity (Wildman–Crippen MR) is 89.8 cm³/mol. The van der Waals surface area contributed by atoms with Crippen LogP contribution in [0.15, 0.2) is 47.2 Å². The number of nitrogens with zero attached hydrogens (tertiary/aromatic N) is 3. The number of hydrogen-bond acceptors (Lipinski definition) is 5. The van der Waals surface area contributed by atoms with Crippen molar-refractivity contribution in [2.75, 3.05) is 0 Å². The largest absolute Gasteiger partial charge is 0.456 e. The lowest BCUT2D eigenvalue weighted by Gasteiger charge is -2.03. The molecule has 0 saturated carbocycles. The predicted octanol–water partition coefficient (Wildman–Crippen LogP) is 3.67. The quantitative estimate of drug-likeness (QED) is 0.385. The van der Waals surface area contributed by atoms with Crippen molar-refractivity contribution in [1.29, 1.82) is 0 Å². The van der Waals surface area contributed by atoms with E-state index < -0.39 is 10.9 Å². The van der Waals surface area contributed by atoms with Crippen LogP contribution in [0, 0.1) is 17.0 Å². The Kier molecular flexibility index (Phi) is 4.30. The second kappa shape index (κ2) is 6.40. The van der Waals surface area contributed by atoms with Crippen LogP contribution >= 0.6 is 15.9 Å². The second-order valence-electron chi connectivity index (χ2n) is 5.20. The van der Waals surface area contributed by atoms with Gasteiger partial charge >= 0.3 is 5.97 Å². The van der Waals surface area contributed by atoms with Crippen LogP contribution in [-0.2, 0) is 11.3 Å². The highest BCUT2D eigenvalue weighted by Gasteiger charge is 2.17. The highest BCUT2D eigenvalue weighted by molar-refractivity contribution is 9.10. The average Bonchev–Trinajstić information content (AvgIpc) is 2.94. The zero-order valence-electron chi connectivity index (χ0n) is 12.6. The fraction of sp³-hybridized carbons (Fsp3) is 0.125.